The molecule has 0 radical (unpaired) electrons. The number of rotatable bonds is 7. The van der Waals surface area contributed by atoms with Gasteiger partial charge in [0.1, 0.15) is 23.1 Å². The second-order valence-electron chi connectivity index (χ2n) is 8.33. The van der Waals surface area contributed by atoms with Crippen molar-refractivity contribution in [3.05, 3.63) is 54.1 Å². The van der Waals surface area contributed by atoms with Gasteiger partial charge in [0, 0.05) is 12.0 Å². The highest BCUT2D eigenvalue weighted by molar-refractivity contribution is 7.92. The van der Waals surface area contributed by atoms with Gasteiger partial charge in [0.25, 0.3) is 0 Å². The number of hydrogen-bond acceptors (Lipinski definition) is 5. The van der Waals surface area contributed by atoms with E-state index in [4.69, 9.17) is 9.47 Å². The molecule has 0 aromatic heterocycles. The first kappa shape index (κ1) is 22.9. The fourth-order valence-electron chi connectivity index (χ4n) is 3.89. The van der Waals surface area contributed by atoms with Crippen LogP contribution in [0.3, 0.4) is 0 Å². The minimum absolute atomic E-state index is 0.281. The maximum absolute atomic E-state index is 13.2. The molecule has 2 atom stereocenters. The molecule has 0 unspecified atom stereocenters. The van der Waals surface area contributed by atoms with Crippen LogP contribution in [0.25, 0.3) is 0 Å². The molecular weight excluding hydrogens is 416 g/mol. The third-order valence-corrected chi connectivity index (χ3v) is 6.43. The second kappa shape index (κ2) is 8.78. The quantitative estimate of drug-likeness (QED) is 0.702. The fraction of sp³-hybridized carbons (Fsp3) is 0.435. The minimum atomic E-state index is -3.70. The van der Waals surface area contributed by atoms with Gasteiger partial charge in [-0.15, -0.1) is 0 Å². The topological polar surface area (TPSA) is 84.9 Å². The maximum atomic E-state index is 13.2. The lowest BCUT2D eigenvalue weighted by Crippen LogP contribution is -2.50. The number of anilines is 1. The highest BCUT2D eigenvalue weighted by atomic mass is 32.2. The van der Waals surface area contributed by atoms with E-state index in [0.717, 1.165) is 21.9 Å². The standard InChI is InChI=1S/C23H30N2O5S/c1-6-29-18-13-11-17(12-14-18)25(31(5,27)28)16(2)22(26)24-20-15-23(3,4)30-21-10-8-7-9-19(20)21/h7-14,16,20H,6,15H2,1-5H3,(H,24,26)/t16-,20-/m0/s1. The van der Waals surface area contributed by atoms with E-state index in [-0.39, 0.29) is 11.9 Å². The lowest BCUT2D eigenvalue weighted by Gasteiger charge is -2.38. The molecule has 2 aromatic rings. The van der Waals surface area contributed by atoms with E-state index in [1.807, 2.05) is 45.0 Å². The van der Waals surface area contributed by atoms with Crippen molar-refractivity contribution in [2.45, 2.75) is 51.8 Å². The van der Waals surface area contributed by atoms with Gasteiger partial charge in [-0.1, -0.05) is 18.2 Å². The van der Waals surface area contributed by atoms with Crippen LogP contribution >= 0.6 is 0 Å². The van der Waals surface area contributed by atoms with E-state index in [1.54, 1.807) is 31.2 Å². The highest BCUT2D eigenvalue weighted by Crippen LogP contribution is 2.39. The molecule has 0 aliphatic carbocycles. The Morgan fingerprint density at radius 1 is 1.23 bits per heavy atom. The largest absolute Gasteiger partial charge is 0.494 e. The number of hydrogen-bond donors (Lipinski definition) is 1. The smallest absolute Gasteiger partial charge is 0.244 e. The Bertz CT molecular complexity index is 1030. The zero-order chi connectivity index (χ0) is 22.8. The summed E-state index contributed by atoms with van der Waals surface area (Å²) in [5.74, 6) is 0.984. The summed E-state index contributed by atoms with van der Waals surface area (Å²) in [5, 5.41) is 3.03. The number of para-hydroxylation sites is 1. The van der Waals surface area contributed by atoms with Crippen LogP contribution in [0.2, 0.25) is 0 Å². The zero-order valence-corrected chi connectivity index (χ0v) is 19.4. The molecule has 31 heavy (non-hydrogen) atoms. The van der Waals surface area contributed by atoms with Crippen molar-refractivity contribution in [3.63, 3.8) is 0 Å². The Labute approximate surface area is 184 Å². The molecular formula is C23H30N2O5S. The number of carbonyl (C=O) groups excluding carboxylic acids is 1. The van der Waals surface area contributed by atoms with E-state index >= 15 is 0 Å². The van der Waals surface area contributed by atoms with Gasteiger partial charge in [0.05, 0.1) is 24.6 Å². The van der Waals surface area contributed by atoms with Gasteiger partial charge in [0.2, 0.25) is 15.9 Å². The predicted molar refractivity (Wildman–Crippen MR) is 121 cm³/mol. The predicted octanol–water partition coefficient (Wildman–Crippen LogP) is 3.66. The van der Waals surface area contributed by atoms with Gasteiger partial charge >= 0.3 is 0 Å². The first-order chi connectivity index (χ1) is 14.5. The van der Waals surface area contributed by atoms with Crippen molar-refractivity contribution in [1.82, 2.24) is 5.32 Å². The van der Waals surface area contributed by atoms with Crippen LogP contribution in [0, 0.1) is 0 Å². The Morgan fingerprint density at radius 2 is 1.87 bits per heavy atom. The van der Waals surface area contributed by atoms with Gasteiger partial charge in [-0.2, -0.15) is 0 Å². The first-order valence-electron chi connectivity index (χ1n) is 10.3. The van der Waals surface area contributed by atoms with E-state index < -0.39 is 21.7 Å². The summed E-state index contributed by atoms with van der Waals surface area (Å²) in [4.78, 5) is 13.2. The maximum Gasteiger partial charge on any atom is 0.244 e. The Balaban J connectivity index is 1.85. The summed E-state index contributed by atoms with van der Waals surface area (Å²) in [6.07, 6.45) is 1.67. The van der Waals surface area contributed by atoms with Crippen molar-refractivity contribution in [1.29, 1.82) is 0 Å². The number of carbonyl (C=O) groups is 1. The average Bonchev–Trinajstić information content (AvgIpc) is 2.67. The molecule has 0 saturated heterocycles. The highest BCUT2D eigenvalue weighted by Gasteiger charge is 2.36. The number of benzene rings is 2. The number of amides is 1. The Morgan fingerprint density at radius 3 is 2.48 bits per heavy atom. The van der Waals surface area contributed by atoms with Crippen LogP contribution in [-0.2, 0) is 14.8 Å². The summed E-state index contributed by atoms with van der Waals surface area (Å²) in [6.45, 7) is 7.90. The third-order valence-electron chi connectivity index (χ3n) is 5.18. The van der Waals surface area contributed by atoms with E-state index in [0.29, 0.717) is 24.5 Å². The second-order valence-corrected chi connectivity index (χ2v) is 10.2. The molecule has 1 aliphatic rings. The minimum Gasteiger partial charge on any atom is -0.494 e. The number of sulfonamides is 1. The lowest BCUT2D eigenvalue weighted by atomic mass is 9.89. The summed E-state index contributed by atoms with van der Waals surface area (Å²) in [5.41, 5.74) is 0.830. The normalized spacial score (nSPS) is 18.3. The molecule has 0 fully saturated rings. The van der Waals surface area contributed by atoms with Gasteiger partial charge in [-0.05, 0) is 58.0 Å². The van der Waals surface area contributed by atoms with Gasteiger partial charge in [-0.25, -0.2) is 8.42 Å². The molecule has 1 amide bonds. The molecule has 1 heterocycles. The monoisotopic (exact) mass is 446 g/mol. The summed E-state index contributed by atoms with van der Waals surface area (Å²) >= 11 is 0. The van der Waals surface area contributed by atoms with E-state index in [9.17, 15) is 13.2 Å². The van der Waals surface area contributed by atoms with Crippen LogP contribution in [0.1, 0.15) is 45.7 Å². The van der Waals surface area contributed by atoms with E-state index in [1.165, 1.54) is 0 Å². The van der Waals surface area contributed by atoms with Gasteiger partial charge < -0.3 is 14.8 Å². The number of ether oxygens (including phenoxy) is 2. The molecule has 2 aromatic carbocycles. The van der Waals surface area contributed by atoms with E-state index in [2.05, 4.69) is 5.32 Å². The molecule has 1 N–H and O–H groups in total. The molecule has 168 valence electrons. The van der Waals surface area contributed by atoms with Crippen LogP contribution in [0.15, 0.2) is 48.5 Å². The molecule has 1 aliphatic heterocycles. The Hall–Kier alpha value is -2.74. The van der Waals surface area contributed by atoms with Crippen molar-refractivity contribution in [3.8, 4) is 11.5 Å². The summed E-state index contributed by atoms with van der Waals surface area (Å²) < 4.78 is 37.7. The average molecular weight is 447 g/mol. The van der Waals surface area contributed by atoms with Gasteiger partial charge in [-0.3, -0.25) is 9.10 Å². The van der Waals surface area contributed by atoms with Crippen molar-refractivity contribution >= 4 is 21.6 Å². The van der Waals surface area contributed by atoms with Crippen LogP contribution < -0.4 is 19.1 Å². The van der Waals surface area contributed by atoms with Crippen LogP contribution in [-0.4, -0.2) is 38.8 Å². The van der Waals surface area contributed by atoms with Gasteiger partial charge in [0.15, 0.2) is 0 Å². The fourth-order valence-corrected chi connectivity index (χ4v) is 5.06. The lowest BCUT2D eigenvalue weighted by molar-refractivity contribution is -0.123. The number of nitrogens with one attached hydrogen (secondary N) is 1. The molecule has 0 saturated carbocycles. The summed E-state index contributed by atoms with van der Waals surface area (Å²) in [6, 6.07) is 13.0. The SMILES string of the molecule is CCOc1ccc(N([C@@H](C)C(=O)N[C@H]2CC(C)(C)Oc3ccccc32)S(C)(=O)=O)cc1. The molecule has 0 bridgehead atoms. The van der Waals surface area contributed by atoms with Crippen molar-refractivity contribution in [2.24, 2.45) is 0 Å². The summed E-state index contributed by atoms with van der Waals surface area (Å²) in [7, 11) is -3.70. The van der Waals surface area contributed by atoms with Crippen molar-refractivity contribution < 1.29 is 22.7 Å². The van der Waals surface area contributed by atoms with Crippen molar-refractivity contribution in [2.75, 3.05) is 17.2 Å². The Kier molecular flexibility index (Phi) is 6.50. The number of fused-ring (bicyclic) bond motifs is 1. The molecule has 0 spiro atoms. The van der Waals surface area contributed by atoms with Crippen LogP contribution in [0.4, 0.5) is 5.69 Å². The zero-order valence-electron chi connectivity index (χ0n) is 18.6. The molecule has 3 rings (SSSR count). The first-order valence-corrected chi connectivity index (χ1v) is 12.2. The molecule has 8 heteroatoms. The van der Waals surface area contributed by atoms with Crippen LogP contribution in [0.5, 0.6) is 11.5 Å². The molecule has 7 nitrogen and oxygen atoms in total. The third kappa shape index (κ3) is 5.31. The number of nitrogens with zero attached hydrogens (tertiary/aromatic N) is 1.